The second-order valence-corrected chi connectivity index (χ2v) is 10.8. The third kappa shape index (κ3) is 4.77. The number of fused-ring (bicyclic) bond motifs is 1. The highest BCUT2D eigenvalue weighted by Crippen LogP contribution is 2.44. The number of aryl methyl sites for hydroxylation is 2. The number of hydrogen-bond acceptors (Lipinski definition) is 7. The monoisotopic (exact) mass is 537 g/mol. The SMILES string of the molecule is COCCCn1cc(-c2ccn3ncc(C(=O)Nc4cc(-c5nnn(C6CC6)n5)ccc4C)c3c2)c(C2CC2)n1. The summed E-state index contributed by atoms with van der Waals surface area (Å²) in [7, 11) is 1.72. The van der Waals surface area contributed by atoms with E-state index in [-0.39, 0.29) is 5.91 Å². The highest BCUT2D eigenvalue weighted by atomic mass is 16.5. The molecule has 0 atom stereocenters. The van der Waals surface area contributed by atoms with Crippen LogP contribution in [0.4, 0.5) is 5.69 Å². The van der Waals surface area contributed by atoms with Gasteiger partial charge in [0.05, 0.1) is 29.0 Å². The number of carbonyl (C=O) groups is 1. The minimum atomic E-state index is -0.223. The predicted molar refractivity (Wildman–Crippen MR) is 149 cm³/mol. The number of anilines is 1. The fourth-order valence-electron chi connectivity index (χ4n) is 5.01. The maximum absolute atomic E-state index is 13.5. The summed E-state index contributed by atoms with van der Waals surface area (Å²) >= 11 is 0. The first kappa shape index (κ1) is 24.6. The molecule has 1 aromatic carbocycles. The number of ether oxygens (including phenoxy) is 1. The van der Waals surface area contributed by atoms with Crippen molar-refractivity contribution in [2.45, 2.75) is 57.5 Å². The number of benzene rings is 1. The Labute approximate surface area is 231 Å². The number of pyridine rings is 1. The van der Waals surface area contributed by atoms with Crippen molar-refractivity contribution in [1.29, 1.82) is 0 Å². The summed E-state index contributed by atoms with van der Waals surface area (Å²) in [6.45, 7) is 3.47. The normalized spacial score (nSPS) is 15.2. The van der Waals surface area contributed by atoms with E-state index < -0.39 is 0 Å². The van der Waals surface area contributed by atoms with Gasteiger partial charge in [0.2, 0.25) is 5.82 Å². The van der Waals surface area contributed by atoms with E-state index in [4.69, 9.17) is 9.84 Å². The lowest BCUT2D eigenvalue weighted by atomic mass is 10.0. The van der Waals surface area contributed by atoms with Crippen molar-refractivity contribution >= 4 is 17.1 Å². The summed E-state index contributed by atoms with van der Waals surface area (Å²) in [5.41, 5.74) is 6.98. The van der Waals surface area contributed by atoms with Crippen LogP contribution >= 0.6 is 0 Å². The summed E-state index contributed by atoms with van der Waals surface area (Å²) < 4.78 is 8.97. The molecule has 2 saturated carbocycles. The van der Waals surface area contributed by atoms with Crippen LogP contribution in [-0.2, 0) is 11.3 Å². The molecule has 7 rings (SSSR count). The molecule has 0 unspecified atom stereocenters. The van der Waals surface area contributed by atoms with Crippen LogP contribution in [0.3, 0.4) is 0 Å². The molecule has 40 heavy (non-hydrogen) atoms. The standard InChI is InChI=1S/C29H31N9O2/c1-18-4-5-21(28-32-35-38(34-28)22-8-9-22)14-25(18)31-29(39)23-16-30-37-12-10-20(15-26(23)37)24-17-36(11-3-13-40-2)33-27(24)19-6-7-19/h4-5,10,12,14-17,19,22H,3,6-9,11,13H2,1-2H3,(H,31,39). The van der Waals surface area contributed by atoms with E-state index in [1.807, 2.05) is 48.1 Å². The molecule has 5 aromatic rings. The Bertz CT molecular complexity index is 1710. The molecule has 0 radical (unpaired) electrons. The van der Waals surface area contributed by atoms with E-state index >= 15 is 0 Å². The van der Waals surface area contributed by atoms with Crippen LogP contribution in [0.5, 0.6) is 0 Å². The van der Waals surface area contributed by atoms with Crippen LogP contribution in [0.25, 0.3) is 28.0 Å². The summed E-state index contributed by atoms with van der Waals surface area (Å²) in [5.74, 6) is 0.829. The first-order chi connectivity index (χ1) is 19.6. The minimum absolute atomic E-state index is 0.223. The van der Waals surface area contributed by atoms with Gasteiger partial charge in [0.25, 0.3) is 5.91 Å². The molecular weight excluding hydrogens is 506 g/mol. The van der Waals surface area contributed by atoms with E-state index in [0.717, 1.165) is 72.1 Å². The average Bonchev–Trinajstić information content (AvgIpc) is 3.86. The average molecular weight is 538 g/mol. The number of aromatic nitrogens is 8. The fraction of sp³-hybridized carbons (Fsp3) is 0.379. The Morgan fingerprint density at radius 2 is 1.98 bits per heavy atom. The molecule has 2 aliphatic carbocycles. The van der Waals surface area contributed by atoms with Crippen LogP contribution in [0.2, 0.25) is 0 Å². The Balaban J connectivity index is 1.17. The Hall–Kier alpha value is -4.38. The minimum Gasteiger partial charge on any atom is -0.385 e. The van der Waals surface area contributed by atoms with Gasteiger partial charge in [-0.05, 0) is 73.6 Å². The molecule has 0 saturated heterocycles. The Morgan fingerprint density at radius 3 is 2.77 bits per heavy atom. The van der Waals surface area contributed by atoms with Gasteiger partial charge in [-0.2, -0.15) is 15.0 Å². The van der Waals surface area contributed by atoms with E-state index in [9.17, 15) is 4.79 Å². The molecule has 2 aliphatic rings. The molecule has 11 heteroatoms. The molecule has 0 bridgehead atoms. The van der Waals surface area contributed by atoms with Gasteiger partial charge in [-0.25, -0.2) is 4.52 Å². The van der Waals surface area contributed by atoms with E-state index in [1.165, 1.54) is 0 Å². The van der Waals surface area contributed by atoms with Gasteiger partial charge in [-0.1, -0.05) is 12.1 Å². The van der Waals surface area contributed by atoms with E-state index in [0.29, 0.717) is 35.6 Å². The molecule has 4 heterocycles. The first-order valence-electron chi connectivity index (χ1n) is 13.8. The lowest BCUT2D eigenvalue weighted by molar-refractivity contribution is 0.102. The molecule has 0 aliphatic heterocycles. The van der Waals surface area contributed by atoms with Crippen molar-refractivity contribution in [1.82, 2.24) is 39.6 Å². The second-order valence-electron chi connectivity index (χ2n) is 10.8. The fourth-order valence-corrected chi connectivity index (χ4v) is 5.01. The molecule has 204 valence electrons. The van der Waals surface area contributed by atoms with Crippen molar-refractivity contribution < 1.29 is 9.53 Å². The summed E-state index contributed by atoms with van der Waals surface area (Å²) in [6.07, 6.45) is 11.0. The zero-order valence-electron chi connectivity index (χ0n) is 22.6. The highest BCUT2D eigenvalue weighted by Gasteiger charge is 2.30. The summed E-state index contributed by atoms with van der Waals surface area (Å²) in [5, 5.41) is 25.4. The lowest BCUT2D eigenvalue weighted by Crippen LogP contribution is -2.12. The van der Waals surface area contributed by atoms with Crippen molar-refractivity contribution in [2.24, 2.45) is 0 Å². The lowest BCUT2D eigenvalue weighted by Gasteiger charge is -2.09. The topological polar surface area (TPSA) is 117 Å². The van der Waals surface area contributed by atoms with Gasteiger partial charge in [0.1, 0.15) is 0 Å². The van der Waals surface area contributed by atoms with Crippen LogP contribution < -0.4 is 5.32 Å². The number of nitrogens with one attached hydrogen (secondary N) is 1. The van der Waals surface area contributed by atoms with Crippen molar-refractivity contribution in [3.05, 3.63) is 65.7 Å². The van der Waals surface area contributed by atoms with Crippen molar-refractivity contribution in [3.8, 4) is 22.5 Å². The van der Waals surface area contributed by atoms with Gasteiger partial charge in [-0.15, -0.1) is 10.2 Å². The van der Waals surface area contributed by atoms with Crippen LogP contribution in [-0.4, -0.2) is 59.2 Å². The van der Waals surface area contributed by atoms with Gasteiger partial charge in [0.15, 0.2) is 0 Å². The Morgan fingerprint density at radius 1 is 1.10 bits per heavy atom. The highest BCUT2D eigenvalue weighted by molar-refractivity contribution is 6.09. The van der Waals surface area contributed by atoms with Gasteiger partial charge >= 0.3 is 0 Å². The molecule has 11 nitrogen and oxygen atoms in total. The number of carbonyl (C=O) groups excluding carboxylic acids is 1. The van der Waals surface area contributed by atoms with E-state index in [1.54, 1.807) is 22.6 Å². The molecule has 4 aromatic heterocycles. The number of hydrogen-bond donors (Lipinski definition) is 1. The smallest absolute Gasteiger partial charge is 0.259 e. The zero-order valence-corrected chi connectivity index (χ0v) is 22.6. The largest absolute Gasteiger partial charge is 0.385 e. The molecular formula is C29H31N9O2. The second kappa shape index (κ2) is 9.98. The van der Waals surface area contributed by atoms with Crippen molar-refractivity contribution in [2.75, 3.05) is 19.0 Å². The third-order valence-electron chi connectivity index (χ3n) is 7.61. The summed E-state index contributed by atoms with van der Waals surface area (Å²) in [4.78, 5) is 15.2. The van der Waals surface area contributed by atoms with E-state index in [2.05, 4.69) is 32.0 Å². The molecule has 1 N–H and O–H groups in total. The molecule has 1 amide bonds. The maximum atomic E-state index is 13.5. The number of amides is 1. The quantitative estimate of drug-likeness (QED) is 0.258. The van der Waals surface area contributed by atoms with Crippen molar-refractivity contribution in [3.63, 3.8) is 0 Å². The van der Waals surface area contributed by atoms with Crippen LogP contribution in [0.1, 0.15) is 65.7 Å². The Kier molecular flexibility index (Phi) is 6.15. The van der Waals surface area contributed by atoms with Gasteiger partial charge in [-0.3, -0.25) is 9.48 Å². The number of rotatable bonds is 10. The van der Waals surface area contributed by atoms with Gasteiger partial charge < -0.3 is 10.1 Å². The van der Waals surface area contributed by atoms with Gasteiger partial charge in [0, 0.05) is 55.4 Å². The van der Waals surface area contributed by atoms with Crippen LogP contribution in [0.15, 0.2) is 48.9 Å². The van der Waals surface area contributed by atoms with Crippen LogP contribution in [0, 0.1) is 6.92 Å². The zero-order chi connectivity index (χ0) is 27.2. The summed E-state index contributed by atoms with van der Waals surface area (Å²) in [6, 6.07) is 10.2. The predicted octanol–water partition coefficient (Wildman–Crippen LogP) is 4.66. The first-order valence-corrected chi connectivity index (χ1v) is 13.8. The maximum Gasteiger partial charge on any atom is 0.259 e. The molecule has 0 spiro atoms. The molecule has 2 fully saturated rings. The third-order valence-corrected chi connectivity index (χ3v) is 7.61. The number of nitrogens with zero attached hydrogens (tertiary/aromatic N) is 8. The number of methoxy groups -OCH3 is 1. The number of tetrazole rings is 1.